The van der Waals surface area contributed by atoms with Gasteiger partial charge in [0.15, 0.2) is 0 Å². The summed E-state index contributed by atoms with van der Waals surface area (Å²) in [5, 5.41) is 15.9. The molecular weight excluding hydrogens is 426 g/mol. The molecule has 0 aliphatic heterocycles. The van der Waals surface area contributed by atoms with Gasteiger partial charge < -0.3 is 15.7 Å². The number of pyridine rings is 1. The van der Waals surface area contributed by atoms with Crippen molar-refractivity contribution in [2.45, 2.75) is 19.9 Å². The summed E-state index contributed by atoms with van der Waals surface area (Å²) in [6.45, 7) is 4.10. The number of carbonyl (C=O) groups is 2. The summed E-state index contributed by atoms with van der Waals surface area (Å²) >= 11 is 0. The highest BCUT2D eigenvalue weighted by Gasteiger charge is 2.17. The lowest BCUT2D eigenvalue weighted by molar-refractivity contribution is 0.0698. The van der Waals surface area contributed by atoms with Gasteiger partial charge in [0.25, 0.3) is 5.91 Å². The van der Waals surface area contributed by atoms with Crippen LogP contribution >= 0.6 is 0 Å². The van der Waals surface area contributed by atoms with Gasteiger partial charge in [0, 0.05) is 35.2 Å². The largest absolute Gasteiger partial charge is 0.478 e. The summed E-state index contributed by atoms with van der Waals surface area (Å²) in [7, 11) is 0. The number of hydrogen-bond acceptors (Lipinski definition) is 4. The van der Waals surface area contributed by atoms with Gasteiger partial charge >= 0.3 is 5.97 Å². The summed E-state index contributed by atoms with van der Waals surface area (Å²) < 4.78 is 0. The molecule has 0 radical (unpaired) electrons. The van der Waals surface area contributed by atoms with Gasteiger partial charge in [-0.3, -0.25) is 9.78 Å². The number of anilines is 2. The second kappa shape index (κ2) is 10.0. The van der Waals surface area contributed by atoms with E-state index in [0.29, 0.717) is 5.56 Å². The number of aromatic carboxylic acids is 1. The van der Waals surface area contributed by atoms with E-state index in [9.17, 15) is 14.7 Å². The molecule has 0 aliphatic rings. The van der Waals surface area contributed by atoms with Crippen molar-refractivity contribution in [3.63, 3.8) is 0 Å². The number of carboxylic acid groups (broad SMARTS) is 1. The number of hydrogen-bond donors (Lipinski definition) is 3. The third-order valence-electron chi connectivity index (χ3n) is 5.29. The summed E-state index contributed by atoms with van der Waals surface area (Å²) in [4.78, 5) is 29.1. The molecule has 0 saturated heterocycles. The number of rotatable bonds is 7. The molecule has 6 nitrogen and oxygen atoms in total. The van der Waals surface area contributed by atoms with Crippen LogP contribution in [0.15, 0.2) is 91.3 Å². The average molecular weight is 452 g/mol. The molecule has 3 aromatic carbocycles. The highest BCUT2D eigenvalue weighted by Crippen LogP contribution is 2.32. The molecule has 4 rings (SSSR count). The van der Waals surface area contributed by atoms with Crippen molar-refractivity contribution < 1.29 is 14.7 Å². The first-order chi connectivity index (χ1) is 16.4. The summed E-state index contributed by atoms with van der Waals surface area (Å²) in [6, 6.07) is 24.3. The van der Waals surface area contributed by atoms with Crippen LogP contribution in [0.1, 0.15) is 34.6 Å². The van der Waals surface area contributed by atoms with Crippen LogP contribution in [0.3, 0.4) is 0 Å². The Hall–Kier alpha value is -4.45. The molecule has 1 aromatic heterocycles. The highest BCUT2D eigenvalue weighted by atomic mass is 16.4. The Kier molecular flexibility index (Phi) is 6.69. The van der Waals surface area contributed by atoms with Gasteiger partial charge in [-0.25, -0.2) is 4.79 Å². The standard InChI is InChI=1S/C28H25N3O3/c1-18(2)30-25-11-7-6-10-23(25)20-12-13-24(28(33)34)26(15-20)31-27(32)22-14-21(16-29-17-22)19-8-4-3-5-9-19/h3-18,30H,1-2H3,(H,31,32)(H,33,34). The molecule has 34 heavy (non-hydrogen) atoms. The zero-order valence-electron chi connectivity index (χ0n) is 18.9. The Bertz CT molecular complexity index is 1330. The normalized spacial score (nSPS) is 10.7. The topological polar surface area (TPSA) is 91.3 Å². The maximum absolute atomic E-state index is 13.1. The fourth-order valence-corrected chi connectivity index (χ4v) is 3.72. The number of carbonyl (C=O) groups excluding carboxylic acids is 1. The Balaban J connectivity index is 1.68. The van der Waals surface area contributed by atoms with E-state index in [1.54, 1.807) is 24.4 Å². The van der Waals surface area contributed by atoms with E-state index in [4.69, 9.17) is 0 Å². The molecule has 170 valence electrons. The van der Waals surface area contributed by atoms with Crippen LogP contribution in [0, 0.1) is 0 Å². The first kappa shape index (κ1) is 22.7. The summed E-state index contributed by atoms with van der Waals surface area (Å²) in [5.41, 5.74) is 4.94. The quantitative estimate of drug-likeness (QED) is 0.312. The van der Waals surface area contributed by atoms with Crippen molar-refractivity contribution in [1.29, 1.82) is 0 Å². The molecule has 0 spiro atoms. The van der Waals surface area contributed by atoms with E-state index < -0.39 is 11.9 Å². The minimum atomic E-state index is -1.12. The number of amides is 1. The molecule has 1 heterocycles. The van der Waals surface area contributed by atoms with Crippen LogP contribution in [-0.4, -0.2) is 28.0 Å². The van der Waals surface area contributed by atoms with E-state index in [0.717, 1.165) is 27.9 Å². The first-order valence-corrected chi connectivity index (χ1v) is 11.0. The Labute approximate surface area is 198 Å². The van der Waals surface area contributed by atoms with Crippen LogP contribution in [0.25, 0.3) is 22.3 Å². The lowest BCUT2D eigenvalue weighted by Crippen LogP contribution is -2.15. The Morgan fingerprint density at radius 1 is 0.794 bits per heavy atom. The van der Waals surface area contributed by atoms with Crippen LogP contribution < -0.4 is 10.6 Å². The lowest BCUT2D eigenvalue weighted by Gasteiger charge is -2.16. The molecule has 0 saturated carbocycles. The van der Waals surface area contributed by atoms with Gasteiger partial charge in [-0.2, -0.15) is 0 Å². The number of nitrogens with one attached hydrogen (secondary N) is 2. The van der Waals surface area contributed by atoms with E-state index >= 15 is 0 Å². The van der Waals surface area contributed by atoms with Crippen molar-refractivity contribution in [1.82, 2.24) is 4.98 Å². The van der Waals surface area contributed by atoms with Crippen LogP contribution in [0.2, 0.25) is 0 Å². The predicted molar refractivity (Wildman–Crippen MR) is 135 cm³/mol. The van der Waals surface area contributed by atoms with Gasteiger partial charge in [-0.1, -0.05) is 54.6 Å². The van der Waals surface area contributed by atoms with Crippen molar-refractivity contribution >= 4 is 23.3 Å². The molecule has 0 aliphatic carbocycles. The van der Waals surface area contributed by atoms with Crippen molar-refractivity contribution in [2.24, 2.45) is 0 Å². The van der Waals surface area contributed by atoms with E-state index in [1.165, 1.54) is 12.3 Å². The van der Waals surface area contributed by atoms with E-state index in [2.05, 4.69) is 15.6 Å². The minimum Gasteiger partial charge on any atom is -0.478 e. The van der Waals surface area contributed by atoms with Crippen LogP contribution in [0.5, 0.6) is 0 Å². The third-order valence-corrected chi connectivity index (χ3v) is 5.29. The lowest BCUT2D eigenvalue weighted by atomic mass is 10.00. The molecular formula is C28H25N3O3. The average Bonchev–Trinajstić information content (AvgIpc) is 2.84. The van der Waals surface area contributed by atoms with Crippen LogP contribution in [0.4, 0.5) is 11.4 Å². The highest BCUT2D eigenvalue weighted by molar-refractivity contribution is 6.08. The molecule has 3 N–H and O–H groups in total. The Morgan fingerprint density at radius 2 is 1.53 bits per heavy atom. The maximum atomic E-state index is 13.1. The third kappa shape index (κ3) is 5.13. The molecule has 0 atom stereocenters. The number of nitrogens with zero attached hydrogens (tertiary/aromatic N) is 1. The zero-order chi connectivity index (χ0) is 24.1. The molecule has 0 unspecified atom stereocenters. The van der Waals surface area contributed by atoms with Crippen molar-refractivity contribution in [3.8, 4) is 22.3 Å². The monoisotopic (exact) mass is 451 g/mol. The second-order valence-corrected chi connectivity index (χ2v) is 8.19. The second-order valence-electron chi connectivity index (χ2n) is 8.19. The predicted octanol–water partition coefficient (Wildman–Crippen LogP) is 6.19. The number of benzene rings is 3. The molecule has 0 fully saturated rings. The van der Waals surface area contributed by atoms with E-state index in [-0.39, 0.29) is 17.3 Å². The molecule has 6 heteroatoms. The van der Waals surface area contributed by atoms with Gasteiger partial charge in [-0.15, -0.1) is 0 Å². The number of para-hydroxylation sites is 1. The fraction of sp³-hybridized carbons (Fsp3) is 0.107. The zero-order valence-corrected chi connectivity index (χ0v) is 18.9. The van der Waals surface area contributed by atoms with Crippen molar-refractivity contribution in [3.05, 3.63) is 102 Å². The van der Waals surface area contributed by atoms with Gasteiger partial charge in [0.05, 0.1) is 16.8 Å². The van der Waals surface area contributed by atoms with Gasteiger partial charge in [0.2, 0.25) is 0 Å². The van der Waals surface area contributed by atoms with Crippen LogP contribution in [-0.2, 0) is 0 Å². The fourth-order valence-electron chi connectivity index (χ4n) is 3.72. The first-order valence-electron chi connectivity index (χ1n) is 11.0. The minimum absolute atomic E-state index is 0.0126. The SMILES string of the molecule is CC(C)Nc1ccccc1-c1ccc(C(=O)O)c(NC(=O)c2cncc(-c3ccccc3)c2)c1. The maximum Gasteiger partial charge on any atom is 0.337 e. The number of carboxylic acids is 1. The number of aromatic nitrogens is 1. The van der Waals surface area contributed by atoms with Gasteiger partial charge in [0.1, 0.15) is 0 Å². The molecule has 4 aromatic rings. The van der Waals surface area contributed by atoms with Crippen molar-refractivity contribution in [2.75, 3.05) is 10.6 Å². The molecule has 1 amide bonds. The smallest absolute Gasteiger partial charge is 0.337 e. The summed E-state index contributed by atoms with van der Waals surface area (Å²) in [6.07, 6.45) is 3.15. The van der Waals surface area contributed by atoms with E-state index in [1.807, 2.05) is 68.4 Å². The van der Waals surface area contributed by atoms with Gasteiger partial charge in [-0.05, 0) is 49.2 Å². The summed E-state index contributed by atoms with van der Waals surface area (Å²) in [5.74, 6) is -1.55. The Morgan fingerprint density at radius 3 is 2.26 bits per heavy atom. The molecule has 0 bridgehead atoms.